The van der Waals surface area contributed by atoms with E-state index in [9.17, 15) is 22.8 Å². The molecule has 4 rings (SSSR count). The molecular weight excluding hydrogens is 399 g/mol. The SMILES string of the molecule is O=C(C1CCCc2nn(Cc3ncc(Cl)cc3F)c(=O)n21)N1CCC(F)(F)C1. The number of carbonyl (C=O) groups is 1. The maximum Gasteiger partial charge on any atom is 0.347 e. The Bertz CT molecular complexity index is 990. The highest BCUT2D eigenvalue weighted by Gasteiger charge is 2.43. The molecule has 150 valence electrons. The number of aryl methyl sites for hydroxylation is 1. The summed E-state index contributed by atoms with van der Waals surface area (Å²) in [5.74, 6) is -3.69. The fraction of sp³-hybridized carbons (Fsp3) is 0.529. The second-order valence-corrected chi connectivity index (χ2v) is 7.52. The zero-order valence-electron chi connectivity index (χ0n) is 14.7. The highest BCUT2D eigenvalue weighted by Crippen LogP contribution is 2.31. The quantitative estimate of drug-likeness (QED) is 0.769. The van der Waals surface area contributed by atoms with E-state index in [0.29, 0.717) is 25.1 Å². The smallest absolute Gasteiger partial charge is 0.335 e. The van der Waals surface area contributed by atoms with Crippen LogP contribution < -0.4 is 5.69 Å². The van der Waals surface area contributed by atoms with Gasteiger partial charge in [0.05, 0.1) is 23.8 Å². The first-order valence-electron chi connectivity index (χ1n) is 8.90. The van der Waals surface area contributed by atoms with E-state index in [0.717, 1.165) is 15.6 Å². The Balaban J connectivity index is 1.63. The summed E-state index contributed by atoms with van der Waals surface area (Å²) in [5.41, 5.74) is -0.598. The van der Waals surface area contributed by atoms with E-state index < -0.39 is 35.9 Å². The van der Waals surface area contributed by atoms with Gasteiger partial charge in [0, 0.05) is 25.6 Å². The Labute approximate surface area is 162 Å². The molecule has 1 atom stereocenters. The van der Waals surface area contributed by atoms with Crippen LogP contribution in [0, 0.1) is 5.82 Å². The molecule has 4 heterocycles. The normalized spacial score (nSPS) is 21.0. The van der Waals surface area contributed by atoms with Gasteiger partial charge in [-0.15, -0.1) is 0 Å². The average Bonchev–Trinajstić information content (AvgIpc) is 3.16. The molecule has 1 amide bonds. The van der Waals surface area contributed by atoms with Crippen molar-refractivity contribution >= 4 is 17.5 Å². The van der Waals surface area contributed by atoms with Gasteiger partial charge in [0.2, 0.25) is 5.91 Å². The summed E-state index contributed by atoms with van der Waals surface area (Å²) in [4.78, 5) is 30.6. The number of fused-ring (bicyclic) bond motifs is 1. The molecule has 1 fully saturated rings. The summed E-state index contributed by atoms with van der Waals surface area (Å²) < 4.78 is 43.2. The van der Waals surface area contributed by atoms with Crippen LogP contribution in [0.5, 0.6) is 0 Å². The maximum atomic E-state index is 14.0. The first kappa shape index (κ1) is 19.0. The maximum absolute atomic E-state index is 14.0. The number of carbonyl (C=O) groups excluding carboxylic acids is 1. The minimum absolute atomic E-state index is 0.0102. The predicted molar refractivity (Wildman–Crippen MR) is 92.9 cm³/mol. The van der Waals surface area contributed by atoms with Gasteiger partial charge in [-0.2, -0.15) is 5.10 Å². The van der Waals surface area contributed by atoms with Gasteiger partial charge < -0.3 is 4.90 Å². The van der Waals surface area contributed by atoms with Gasteiger partial charge in [0.1, 0.15) is 17.7 Å². The fourth-order valence-electron chi connectivity index (χ4n) is 3.70. The first-order valence-corrected chi connectivity index (χ1v) is 9.28. The monoisotopic (exact) mass is 415 g/mol. The van der Waals surface area contributed by atoms with Crippen LogP contribution in [0.25, 0.3) is 0 Å². The lowest BCUT2D eigenvalue weighted by Crippen LogP contribution is -2.42. The molecule has 0 N–H and O–H groups in total. The zero-order valence-corrected chi connectivity index (χ0v) is 15.5. The largest absolute Gasteiger partial charge is 0.347 e. The van der Waals surface area contributed by atoms with Gasteiger partial charge in [-0.1, -0.05) is 11.6 Å². The van der Waals surface area contributed by atoms with E-state index in [1.54, 1.807) is 0 Å². The molecule has 1 unspecified atom stereocenters. The van der Waals surface area contributed by atoms with Crippen molar-refractivity contribution in [1.29, 1.82) is 0 Å². The molecule has 0 saturated carbocycles. The van der Waals surface area contributed by atoms with Gasteiger partial charge in [0.25, 0.3) is 5.92 Å². The minimum Gasteiger partial charge on any atom is -0.335 e. The van der Waals surface area contributed by atoms with E-state index >= 15 is 0 Å². The summed E-state index contributed by atoms with van der Waals surface area (Å²) >= 11 is 5.68. The highest BCUT2D eigenvalue weighted by atomic mass is 35.5. The number of nitrogens with zero attached hydrogens (tertiary/aromatic N) is 5. The summed E-state index contributed by atoms with van der Waals surface area (Å²) in [6.07, 6.45) is 2.32. The van der Waals surface area contributed by atoms with E-state index in [1.807, 2.05) is 0 Å². The molecular formula is C17H17ClF3N5O2. The number of aromatic nitrogens is 4. The minimum atomic E-state index is -2.90. The standard InChI is InChI=1S/C17H17ClF3N5O2/c18-10-6-11(19)12(22-7-10)8-25-16(28)26-13(2-1-3-14(26)23-25)15(27)24-5-4-17(20,21)9-24/h6-7,13H,1-5,8-9H2. The van der Waals surface area contributed by atoms with Crippen LogP contribution in [0.1, 0.15) is 36.8 Å². The lowest BCUT2D eigenvalue weighted by Gasteiger charge is -2.27. The molecule has 0 spiro atoms. The van der Waals surface area contributed by atoms with E-state index in [4.69, 9.17) is 11.6 Å². The number of rotatable bonds is 3. The van der Waals surface area contributed by atoms with Crippen molar-refractivity contribution in [3.05, 3.63) is 45.1 Å². The molecule has 0 aliphatic carbocycles. The number of hydrogen-bond acceptors (Lipinski definition) is 4. The summed E-state index contributed by atoms with van der Waals surface area (Å²) in [5, 5.41) is 4.34. The van der Waals surface area contributed by atoms with Crippen molar-refractivity contribution in [2.45, 2.75) is 44.2 Å². The van der Waals surface area contributed by atoms with Crippen molar-refractivity contribution in [2.75, 3.05) is 13.1 Å². The van der Waals surface area contributed by atoms with E-state index in [2.05, 4.69) is 10.1 Å². The fourth-order valence-corrected chi connectivity index (χ4v) is 3.85. The molecule has 28 heavy (non-hydrogen) atoms. The second kappa shape index (κ2) is 6.91. The number of amides is 1. The topological polar surface area (TPSA) is 73.0 Å². The van der Waals surface area contributed by atoms with Gasteiger partial charge in [-0.25, -0.2) is 22.6 Å². The number of hydrogen-bond donors (Lipinski definition) is 0. The third kappa shape index (κ3) is 3.41. The van der Waals surface area contributed by atoms with Crippen LogP contribution in [0.3, 0.4) is 0 Å². The predicted octanol–water partition coefficient (Wildman–Crippen LogP) is 2.03. The van der Waals surface area contributed by atoms with Crippen LogP contribution in [0.2, 0.25) is 5.02 Å². The van der Waals surface area contributed by atoms with Crippen LogP contribution in [0.4, 0.5) is 13.2 Å². The van der Waals surface area contributed by atoms with E-state index in [-0.39, 0.29) is 30.2 Å². The lowest BCUT2D eigenvalue weighted by atomic mass is 10.0. The molecule has 7 nitrogen and oxygen atoms in total. The molecule has 2 aliphatic rings. The average molecular weight is 416 g/mol. The Morgan fingerprint density at radius 2 is 2.18 bits per heavy atom. The summed E-state index contributed by atoms with van der Waals surface area (Å²) in [7, 11) is 0. The molecule has 11 heteroatoms. The molecule has 1 saturated heterocycles. The number of pyridine rings is 1. The highest BCUT2D eigenvalue weighted by molar-refractivity contribution is 6.30. The molecule has 0 radical (unpaired) electrons. The number of likely N-dealkylation sites (tertiary alicyclic amines) is 1. The van der Waals surface area contributed by atoms with Crippen molar-refractivity contribution in [1.82, 2.24) is 24.2 Å². The molecule has 2 aromatic heterocycles. The molecule has 2 aromatic rings. The van der Waals surface area contributed by atoms with Gasteiger partial charge in [-0.05, 0) is 18.9 Å². The molecule has 2 aliphatic heterocycles. The van der Waals surface area contributed by atoms with Gasteiger partial charge >= 0.3 is 5.69 Å². The van der Waals surface area contributed by atoms with E-state index in [1.165, 1.54) is 10.8 Å². The number of alkyl halides is 2. The second-order valence-electron chi connectivity index (χ2n) is 7.08. The molecule has 0 aromatic carbocycles. The first-order chi connectivity index (χ1) is 13.2. The van der Waals surface area contributed by atoms with Gasteiger partial charge in [0.15, 0.2) is 0 Å². The summed E-state index contributed by atoms with van der Waals surface area (Å²) in [6, 6.07) is 0.215. The van der Waals surface area contributed by atoms with Crippen LogP contribution in [0.15, 0.2) is 17.1 Å². The lowest BCUT2D eigenvalue weighted by molar-refractivity contribution is -0.135. The third-order valence-electron chi connectivity index (χ3n) is 5.08. The third-order valence-corrected chi connectivity index (χ3v) is 5.29. The van der Waals surface area contributed by atoms with Crippen LogP contribution >= 0.6 is 11.6 Å². The van der Waals surface area contributed by atoms with Gasteiger partial charge in [-0.3, -0.25) is 14.3 Å². The van der Waals surface area contributed by atoms with Crippen molar-refractivity contribution in [3.8, 4) is 0 Å². The van der Waals surface area contributed by atoms with Crippen molar-refractivity contribution < 1.29 is 18.0 Å². The zero-order chi connectivity index (χ0) is 20.1. The Morgan fingerprint density at radius 3 is 2.86 bits per heavy atom. The van der Waals surface area contributed by atoms with Crippen molar-refractivity contribution in [3.63, 3.8) is 0 Å². The molecule has 0 bridgehead atoms. The summed E-state index contributed by atoms with van der Waals surface area (Å²) in [6.45, 7) is -0.897. The number of halogens is 4. The van der Waals surface area contributed by atoms with Crippen LogP contribution in [-0.2, 0) is 17.8 Å². The van der Waals surface area contributed by atoms with Crippen molar-refractivity contribution in [2.24, 2.45) is 0 Å². The van der Waals surface area contributed by atoms with Crippen LogP contribution in [-0.4, -0.2) is 49.2 Å². The Hall–Kier alpha value is -2.36. The Morgan fingerprint density at radius 1 is 1.39 bits per heavy atom. The Kier molecular flexibility index (Phi) is 4.68.